The van der Waals surface area contributed by atoms with E-state index in [1.165, 1.54) is 25.7 Å². The molecule has 14 heavy (non-hydrogen) atoms. The molecule has 1 aliphatic carbocycles. The third-order valence-corrected chi connectivity index (χ3v) is 3.20. The zero-order valence-electron chi connectivity index (χ0n) is 8.52. The number of carbonyl (C=O) groups excluding carboxylic acids is 1. The smallest absolute Gasteiger partial charge is 0.168 e. The fourth-order valence-corrected chi connectivity index (χ4v) is 2.23. The predicted molar refractivity (Wildman–Crippen MR) is 54.3 cm³/mol. The zero-order valence-corrected chi connectivity index (χ0v) is 8.52. The van der Waals surface area contributed by atoms with Crippen molar-refractivity contribution >= 4 is 6.29 Å². The van der Waals surface area contributed by atoms with Crippen LogP contribution in [0.3, 0.4) is 0 Å². The minimum atomic E-state index is 0.494. The Kier molecular flexibility index (Phi) is 2.66. The molecule has 0 N–H and O–H groups in total. The van der Waals surface area contributed by atoms with Crippen molar-refractivity contribution in [1.82, 2.24) is 9.55 Å². The molecule has 0 radical (unpaired) electrons. The highest BCUT2D eigenvalue weighted by Gasteiger charge is 2.20. The van der Waals surface area contributed by atoms with Crippen molar-refractivity contribution in [2.45, 2.75) is 38.6 Å². The van der Waals surface area contributed by atoms with Gasteiger partial charge < -0.3 is 4.57 Å². The van der Waals surface area contributed by atoms with E-state index in [0.717, 1.165) is 12.2 Å². The van der Waals surface area contributed by atoms with Gasteiger partial charge in [-0.15, -0.1) is 0 Å². The first kappa shape index (κ1) is 9.44. The van der Waals surface area contributed by atoms with Gasteiger partial charge in [0, 0.05) is 6.04 Å². The molecule has 0 saturated heterocycles. The third-order valence-electron chi connectivity index (χ3n) is 3.20. The van der Waals surface area contributed by atoms with E-state index < -0.39 is 0 Å². The first-order valence-corrected chi connectivity index (χ1v) is 5.28. The van der Waals surface area contributed by atoms with Crippen molar-refractivity contribution in [3.63, 3.8) is 0 Å². The summed E-state index contributed by atoms with van der Waals surface area (Å²) in [6.45, 7) is 2.30. The van der Waals surface area contributed by atoms with Crippen LogP contribution in [-0.2, 0) is 0 Å². The molecule has 0 bridgehead atoms. The van der Waals surface area contributed by atoms with E-state index in [1.54, 1.807) is 12.5 Å². The van der Waals surface area contributed by atoms with Crippen molar-refractivity contribution in [1.29, 1.82) is 0 Å². The van der Waals surface area contributed by atoms with Crippen LogP contribution in [0.2, 0.25) is 0 Å². The maximum atomic E-state index is 10.7. The van der Waals surface area contributed by atoms with Crippen LogP contribution in [0, 0.1) is 5.92 Å². The quantitative estimate of drug-likeness (QED) is 0.674. The molecular formula is C11H16N2O. The van der Waals surface area contributed by atoms with Gasteiger partial charge in [0.15, 0.2) is 6.29 Å². The third kappa shape index (κ3) is 1.72. The van der Waals surface area contributed by atoms with E-state index in [0.29, 0.717) is 11.7 Å². The Bertz CT molecular complexity index is 311. The Morgan fingerprint density at radius 2 is 2.14 bits per heavy atom. The average Bonchev–Trinajstić information content (AvgIpc) is 2.67. The molecule has 1 saturated carbocycles. The number of hydrogen-bond donors (Lipinski definition) is 0. The zero-order chi connectivity index (χ0) is 9.97. The van der Waals surface area contributed by atoms with E-state index in [-0.39, 0.29) is 0 Å². The predicted octanol–water partition coefficient (Wildman–Crippen LogP) is 2.45. The molecule has 76 valence electrons. The van der Waals surface area contributed by atoms with E-state index >= 15 is 0 Å². The topological polar surface area (TPSA) is 34.9 Å². The molecule has 0 spiro atoms. The minimum absolute atomic E-state index is 0.494. The lowest BCUT2D eigenvalue weighted by Crippen LogP contribution is -2.17. The van der Waals surface area contributed by atoms with Gasteiger partial charge in [-0.2, -0.15) is 0 Å². The molecule has 1 aromatic rings. The normalized spacial score (nSPS) is 27.5. The number of nitrogens with zero attached hydrogens (tertiary/aromatic N) is 2. The number of aldehydes is 1. The van der Waals surface area contributed by atoms with Gasteiger partial charge in [-0.3, -0.25) is 4.79 Å². The Morgan fingerprint density at radius 3 is 2.79 bits per heavy atom. The number of aromatic nitrogens is 2. The fourth-order valence-electron chi connectivity index (χ4n) is 2.23. The lowest BCUT2D eigenvalue weighted by atomic mass is 9.87. The second kappa shape index (κ2) is 3.95. The maximum Gasteiger partial charge on any atom is 0.168 e. The number of rotatable bonds is 2. The fraction of sp³-hybridized carbons (Fsp3) is 0.636. The summed E-state index contributed by atoms with van der Waals surface area (Å²) in [7, 11) is 0. The summed E-state index contributed by atoms with van der Waals surface area (Å²) in [4.78, 5) is 14.8. The summed E-state index contributed by atoms with van der Waals surface area (Å²) in [6, 6.07) is 0.494. The monoisotopic (exact) mass is 192 g/mol. The second-order valence-electron chi connectivity index (χ2n) is 4.26. The molecule has 0 amide bonds. The van der Waals surface area contributed by atoms with Crippen LogP contribution in [0.15, 0.2) is 12.5 Å². The molecule has 0 aromatic carbocycles. The molecule has 2 rings (SSSR count). The van der Waals surface area contributed by atoms with Gasteiger partial charge >= 0.3 is 0 Å². The highest BCUT2D eigenvalue weighted by molar-refractivity contribution is 5.71. The van der Waals surface area contributed by atoms with Crippen LogP contribution < -0.4 is 0 Å². The summed E-state index contributed by atoms with van der Waals surface area (Å²) >= 11 is 0. The number of carbonyl (C=O) groups is 1. The molecule has 0 atom stereocenters. The largest absolute Gasteiger partial charge is 0.325 e. The van der Waals surface area contributed by atoms with Gasteiger partial charge in [0.2, 0.25) is 0 Å². The van der Waals surface area contributed by atoms with Crippen LogP contribution in [0.4, 0.5) is 0 Å². The van der Waals surface area contributed by atoms with Gasteiger partial charge in [-0.1, -0.05) is 6.92 Å². The van der Waals surface area contributed by atoms with Crippen molar-refractivity contribution in [3.05, 3.63) is 18.2 Å². The number of hydrogen-bond acceptors (Lipinski definition) is 2. The molecule has 0 aliphatic heterocycles. The summed E-state index contributed by atoms with van der Waals surface area (Å²) in [5, 5.41) is 0. The van der Waals surface area contributed by atoms with Crippen LogP contribution in [0.5, 0.6) is 0 Å². The lowest BCUT2D eigenvalue weighted by Gasteiger charge is -2.27. The van der Waals surface area contributed by atoms with Crippen molar-refractivity contribution in [2.24, 2.45) is 5.92 Å². The Labute approximate surface area is 84.1 Å². The Hall–Kier alpha value is -1.12. The van der Waals surface area contributed by atoms with Gasteiger partial charge in [0.1, 0.15) is 5.69 Å². The molecule has 3 nitrogen and oxygen atoms in total. The Balaban J connectivity index is 2.11. The lowest BCUT2D eigenvalue weighted by molar-refractivity contribution is 0.111. The van der Waals surface area contributed by atoms with E-state index in [2.05, 4.69) is 11.9 Å². The SMILES string of the molecule is CC1CCC(n2cncc2C=O)CC1. The van der Waals surface area contributed by atoms with Crippen LogP contribution in [0.1, 0.15) is 49.1 Å². The second-order valence-corrected chi connectivity index (χ2v) is 4.26. The highest BCUT2D eigenvalue weighted by Crippen LogP contribution is 2.32. The standard InChI is InChI=1S/C11H16N2O/c1-9-2-4-10(5-3-9)13-8-12-6-11(13)7-14/h6-10H,2-5H2,1H3. The maximum absolute atomic E-state index is 10.7. The van der Waals surface area contributed by atoms with Crippen molar-refractivity contribution in [2.75, 3.05) is 0 Å². The molecule has 1 aromatic heterocycles. The van der Waals surface area contributed by atoms with Crippen molar-refractivity contribution < 1.29 is 4.79 Å². The van der Waals surface area contributed by atoms with Crippen molar-refractivity contribution in [3.8, 4) is 0 Å². The molecule has 1 aliphatic rings. The van der Waals surface area contributed by atoms with Gasteiger partial charge in [-0.05, 0) is 31.6 Å². The highest BCUT2D eigenvalue weighted by atomic mass is 16.1. The average molecular weight is 192 g/mol. The Morgan fingerprint density at radius 1 is 1.43 bits per heavy atom. The van der Waals surface area contributed by atoms with E-state index in [4.69, 9.17) is 0 Å². The van der Waals surface area contributed by atoms with Crippen LogP contribution >= 0.6 is 0 Å². The first-order valence-electron chi connectivity index (χ1n) is 5.28. The first-order chi connectivity index (χ1) is 6.81. The number of imidazole rings is 1. The summed E-state index contributed by atoms with van der Waals surface area (Å²) < 4.78 is 2.03. The van der Waals surface area contributed by atoms with E-state index in [1.807, 2.05) is 4.57 Å². The van der Waals surface area contributed by atoms with Crippen LogP contribution in [0.25, 0.3) is 0 Å². The van der Waals surface area contributed by atoms with Gasteiger partial charge in [0.05, 0.1) is 12.5 Å². The molecule has 3 heteroatoms. The van der Waals surface area contributed by atoms with Gasteiger partial charge in [-0.25, -0.2) is 4.98 Å². The minimum Gasteiger partial charge on any atom is -0.325 e. The molecule has 0 unspecified atom stereocenters. The van der Waals surface area contributed by atoms with E-state index in [9.17, 15) is 4.79 Å². The van der Waals surface area contributed by atoms with Crippen LogP contribution in [-0.4, -0.2) is 15.8 Å². The van der Waals surface area contributed by atoms with Gasteiger partial charge in [0.25, 0.3) is 0 Å². The summed E-state index contributed by atoms with van der Waals surface area (Å²) in [5.74, 6) is 0.842. The molecule has 1 fully saturated rings. The summed E-state index contributed by atoms with van der Waals surface area (Å²) in [5.41, 5.74) is 0.713. The molecular weight excluding hydrogens is 176 g/mol. The molecule has 1 heterocycles. The summed E-state index contributed by atoms with van der Waals surface area (Å²) in [6.07, 6.45) is 9.21.